The Balaban J connectivity index is 2.79. The van der Waals surface area contributed by atoms with E-state index in [9.17, 15) is 4.79 Å². The number of aryl methyl sites for hydroxylation is 1. The van der Waals surface area contributed by atoms with Crippen molar-refractivity contribution < 1.29 is 4.79 Å². The van der Waals surface area contributed by atoms with E-state index in [1.54, 1.807) is 0 Å². The van der Waals surface area contributed by atoms with E-state index in [1.165, 1.54) is 0 Å². The minimum atomic E-state index is -0.0756. The molecule has 0 saturated heterocycles. The number of hydrazine groups is 1. The van der Waals surface area contributed by atoms with Crippen LogP contribution in [0.3, 0.4) is 0 Å². The molecule has 0 atom stereocenters. The lowest BCUT2D eigenvalue weighted by Gasteiger charge is -2.14. The zero-order chi connectivity index (χ0) is 14.4. The van der Waals surface area contributed by atoms with Crippen molar-refractivity contribution in [2.45, 2.75) is 40.2 Å². The molecule has 7 nitrogen and oxygen atoms in total. The van der Waals surface area contributed by atoms with Crippen molar-refractivity contribution in [3.63, 3.8) is 0 Å². The Morgan fingerprint density at radius 2 is 1.95 bits per heavy atom. The van der Waals surface area contributed by atoms with Gasteiger partial charge < -0.3 is 16.1 Å². The minimum Gasteiger partial charge on any atom is -0.361 e. The summed E-state index contributed by atoms with van der Waals surface area (Å²) in [6.07, 6.45) is 0.696. The summed E-state index contributed by atoms with van der Waals surface area (Å²) in [6.45, 7) is 7.81. The fourth-order valence-electron chi connectivity index (χ4n) is 1.57. The Hall–Kier alpha value is -1.89. The molecule has 5 N–H and O–H groups in total. The molecule has 1 aromatic rings. The van der Waals surface area contributed by atoms with Crippen LogP contribution in [-0.4, -0.2) is 28.5 Å². The molecule has 1 heterocycles. The number of aromatic nitrogens is 2. The second kappa shape index (κ2) is 6.89. The van der Waals surface area contributed by atoms with Crippen molar-refractivity contribution in [2.24, 2.45) is 5.84 Å². The molecule has 1 amide bonds. The molecule has 0 aliphatic carbocycles. The quantitative estimate of drug-likeness (QED) is 0.443. The molecule has 106 valence electrons. The van der Waals surface area contributed by atoms with Gasteiger partial charge in [-0.25, -0.2) is 15.8 Å². The van der Waals surface area contributed by atoms with E-state index in [2.05, 4.69) is 26.0 Å². The number of hydrogen-bond acceptors (Lipinski definition) is 6. The molecule has 1 aromatic heterocycles. The first-order valence-corrected chi connectivity index (χ1v) is 6.35. The molecule has 0 saturated carbocycles. The number of nitrogens with zero attached hydrogens (tertiary/aromatic N) is 2. The van der Waals surface area contributed by atoms with Crippen LogP contribution in [0.15, 0.2) is 0 Å². The van der Waals surface area contributed by atoms with Gasteiger partial charge in [0.15, 0.2) is 0 Å². The van der Waals surface area contributed by atoms with Crippen LogP contribution in [0.5, 0.6) is 0 Å². The largest absolute Gasteiger partial charge is 0.361 e. The van der Waals surface area contributed by atoms with Gasteiger partial charge in [-0.05, 0) is 20.8 Å². The molecule has 0 aliphatic heterocycles. The number of amides is 1. The van der Waals surface area contributed by atoms with E-state index in [0.29, 0.717) is 23.9 Å². The normalized spacial score (nSPS) is 10.4. The van der Waals surface area contributed by atoms with Crippen LogP contribution in [0.4, 0.5) is 11.6 Å². The number of anilines is 2. The Bertz CT molecular complexity index is 446. The van der Waals surface area contributed by atoms with Gasteiger partial charge in [0.05, 0.1) is 6.54 Å². The number of nitrogens with two attached hydrogens (primary N) is 1. The Kier molecular flexibility index (Phi) is 5.50. The van der Waals surface area contributed by atoms with E-state index in [0.717, 1.165) is 5.56 Å². The van der Waals surface area contributed by atoms with Crippen LogP contribution in [0.2, 0.25) is 0 Å². The Labute approximate surface area is 113 Å². The maximum atomic E-state index is 11.6. The lowest BCUT2D eigenvalue weighted by molar-refractivity contribution is -0.119. The average Bonchev–Trinajstić information content (AvgIpc) is 2.36. The van der Waals surface area contributed by atoms with Crippen molar-refractivity contribution in [3.05, 3.63) is 11.4 Å². The number of rotatable bonds is 6. The first-order valence-electron chi connectivity index (χ1n) is 6.35. The van der Waals surface area contributed by atoms with Gasteiger partial charge in [0.25, 0.3) is 0 Å². The van der Waals surface area contributed by atoms with Gasteiger partial charge in [0.1, 0.15) is 17.5 Å². The van der Waals surface area contributed by atoms with E-state index in [1.807, 2.05) is 27.7 Å². The predicted molar refractivity (Wildman–Crippen MR) is 75.7 cm³/mol. The number of nitrogen functional groups attached to an aromatic ring is 1. The van der Waals surface area contributed by atoms with Crippen LogP contribution in [0.1, 0.15) is 32.2 Å². The molecule has 0 aromatic carbocycles. The summed E-state index contributed by atoms with van der Waals surface area (Å²) in [5.74, 6) is 7.21. The zero-order valence-electron chi connectivity index (χ0n) is 11.9. The van der Waals surface area contributed by atoms with Gasteiger partial charge in [-0.2, -0.15) is 0 Å². The summed E-state index contributed by atoms with van der Waals surface area (Å²) in [4.78, 5) is 20.2. The van der Waals surface area contributed by atoms with E-state index < -0.39 is 0 Å². The SMILES string of the molecule is CCc1nc(NN)c(C)c(NCC(=O)NC(C)C)n1. The fourth-order valence-corrected chi connectivity index (χ4v) is 1.57. The smallest absolute Gasteiger partial charge is 0.239 e. The molecule has 0 aliphatic rings. The maximum absolute atomic E-state index is 11.6. The number of nitrogens with one attached hydrogen (secondary N) is 3. The standard InChI is InChI=1S/C12H22N6O/c1-5-9-16-11(8(4)12(17-9)18-13)14-6-10(19)15-7(2)3/h7H,5-6,13H2,1-4H3,(H,15,19)(H2,14,16,17,18). The van der Waals surface area contributed by atoms with E-state index >= 15 is 0 Å². The second-order valence-electron chi connectivity index (χ2n) is 4.54. The third-order valence-corrected chi connectivity index (χ3v) is 2.51. The summed E-state index contributed by atoms with van der Waals surface area (Å²) >= 11 is 0. The minimum absolute atomic E-state index is 0.0756. The van der Waals surface area contributed by atoms with Gasteiger partial charge in [0.2, 0.25) is 5.91 Å². The second-order valence-corrected chi connectivity index (χ2v) is 4.54. The van der Waals surface area contributed by atoms with Crippen molar-refractivity contribution in [3.8, 4) is 0 Å². The van der Waals surface area contributed by atoms with Crippen molar-refractivity contribution in [1.29, 1.82) is 0 Å². The molecular formula is C12H22N6O. The topological polar surface area (TPSA) is 105 Å². The van der Waals surface area contributed by atoms with Gasteiger partial charge in [0, 0.05) is 18.0 Å². The van der Waals surface area contributed by atoms with E-state index in [-0.39, 0.29) is 18.5 Å². The van der Waals surface area contributed by atoms with Crippen molar-refractivity contribution in [1.82, 2.24) is 15.3 Å². The molecule has 0 unspecified atom stereocenters. The van der Waals surface area contributed by atoms with Gasteiger partial charge in [-0.15, -0.1) is 0 Å². The molecule has 19 heavy (non-hydrogen) atoms. The molecule has 7 heteroatoms. The van der Waals surface area contributed by atoms with Crippen molar-refractivity contribution >= 4 is 17.5 Å². The number of carbonyl (C=O) groups is 1. The summed E-state index contributed by atoms with van der Waals surface area (Å²) < 4.78 is 0. The lowest BCUT2D eigenvalue weighted by Crippen LogP contribution is -2.35. The van der Waals surface area contributed by atoms with Gasteiger partial charge in [-0.3, -0.25) is 4.79 Å². The summed E-state index contributed by atoms with van der Waals surface area (Å²) in [5.41, 5.74) is 3.33. The third-order valence-electron chi connectivity index (χ3n) is 2.51. The highest BCUT2D eigenvalue weighted by Gasteiger charge is 2.10. The van der Waals surface area contributed by atoms with E-state index in [4.69, 9.17) is 5.84 Å². The highest BCUT2D eigenvalue weighted by Crippen LogP contribution is 2.18. The summed E-state index contributed by atoms with van der Waals surface area (Å²) in [7, 11) is 0. The zero-order valence-corrected chi connectivity index (χ0v) is 11.9. The maximum Gasteiger partial charge on any atom is 0.239 e. The molecule has 0 spiro atoms. The van der Waals surface area contributed by atoms with Crippen LogP contribution >= 0.6 is 0 Å². The first kappa shape index (κ1) is 15.2. The third kappa shape index (κ3) is 4.36. The fraction of sp³-hybridized carbons (Fsp3) is 0.583. The highest BCUT2D eigenvalue weighted by molar-refractivity contribution is 5.81. The first-order chi connectivity index (χ1) is 8.97. The summed E-state index contributed by atoms with van der Waals surface area (Å²) in [5, 5.41) is 5.81. The molecule has 0 radical (unpaired) electrons. The predicted octanol–water partition coefficient (Wildman–Crippen LogP) is 0.570. The monoisotopic (exact) mass is 266 g/mol. The molecule has 0 bridgehead atoms. The van der Waals surface area contributed by atoms with Gasteiger partial charge >= 0.3 is 0 Å². The average molecular weight is 266 g/mol. The highest BCUT2D eigenvalue weighted by atomic mass is 16.1. The lowest BCUT2D eigenvalue weighted by atomic mass is 10.3. The van der Waals surface area contributed by atoms with Crippen LogP contribution in [0, 0.1) is 6.92 Å². The molecular weight excluding hydrogens is 244 g/mol. The van der Waals surface area contributed by atoms with Crippen LogP contribution in [0.25, 0.3) is 0 Å². The van der Waals surface area contributed by atoms with Gasteiger partial charge in [-0.1, -0.05) is 6.92 Å². The van der Waals surface area contributed by atoms with Crippen molar-refractivity contribution in [2.75, 3.05) is 17.3 Å². The molecule has 0 fully saturated rings. The number of carbonyl (C=O) groups excluding carboxylic acids is 1. The van der Waals surface area contributed by atoms with Crippen LogP contribution < -0.4 is 21.9 Å². The van der Waals surface area contributed by atoms with Crippen LogP contribution in [-0.2, 0) is 11.2 Å². The summed E-state index contributed by atoms with van der Waals surface area (Å²) in [6, 6.07) is 0.119. The Morgan fingerprint density at radius 1 is 1.32 bits per heavy atom. The Morgan fingerprint density at radius 3 is 2.47 bits per heavy atom. The molecule has 1 rings (SSSR count). The number of hydrogen-bond donors (Lipinski definition) is 4.